The van der Waals surface area contributed by atoms with Crippen molar-refractivity contribution >= 4 is 0 Å². The summed E-state index contributed by atoms with van der Waals surface area (Å²) in [6.45, 7) is 11.6. The maximum absolute atomic E-state index is 8.92. The number of nitrogens with zero attached hydrogens (tertiary/aromatic N) is 1. The van der Waals surface area contributed by atoms with E-state index >= 15 is 0 Å². The standard InChI is InChI=1S/C13H26N2/c1-6-13(7-2,8-3)15-10-9-12(4,5)11-14/h15H,6-10H2,1-5H3. The minimum absolute atomic E-state index is 0.200. The second-order valence-corrected chi connectivity index (χ2v) is 5.01. The van der Waals surface area contributed by atoms with E-state index in [2.05, 4.69) is 32.2 Å². The molecular weight excluding hydrogens is 184 g/mol. The van der Waals surface area contributed by atoms with Gasteiger partial charge in [0.25, 0.3) is 0 Å². The third-order valence-electron chi connectivity index (χ3n) is 3.58. The third-order valence-corrected chi connectivity index (χ3v) is 3.58. The first-order valence-corrected chi connectivity index (χ1v) is 6.11. The zero-order valence-electron chi connectivity index (χ0n) is 11.0. The van der Waals surface area contributed by atoms with Crippen molar-refractivity contribution in [1.82, 2.24) is 5.32 Å². The molecule has 2 nitrogen and oxygen atoms in total. The van der Waals surface area contributed by atoms with Crippen LogP contribution in [0.2, 0.25) is 0 Å². The first-order valence-electron chi connectivity index (χ1n) is 6.11. The lowest BCUT2D eigenvalue weighted by Gasteiger charge is -2.33. The summed E-state index contributed by atoms with van der Waals surface area (Å²) >= 11 is 0. The molecule has 0 bridgehead atoms. The molecule has 0 aromatic carbocycles. The largest absolute Gasteiger partial charge is 0.311 e. The summed E-state index contributed by atoms with van der Waals surface area (Å²) in [5.41, 5.74) is 0.0828. The molecular formula is C13H26N2. The van der Waals surface area contributed by atoms with Gasteiger partial charge in [0.2, 0.25) is 0 Å². The van der Waals surface area contributed by atoms with Crippen molar-refractivity contribution in [2.75, 3.05) is 6.54 Å². The zero-order chi connectivity index (χ0) is 11.9. The molecule has 0 heterocycles. The van der Waals surface area contributed by atoms with Crippen LogP contribution >= 0.6 is 0 Å². The van der Waals surface area contributed by atoms with E-state index < -0.39 is 0 Å². The zero-order valence-corrected chi connectivity index (χ0v) is 11.0. The van der Waals surface area contributed by atoms with Gasteiger partial charge in [-0.3, -0.25) is 0 Å². The minimum atomic E-state index is -0.200. The van der Waals surface area contributed by atoms with E-state index in [1.807, 2.05) is 13.8 Å². The van der Waals surface area contributed by atoms with Gasteiger partial charge in [-0.1, -0.05) is 20.8 Å². The van der Waals surface area contributed by atoms with Gasteiger partial charge in [0.05, 0.1) is 11.5 Å². The number of nitrogens with one attached hydrogen (secondary N) is 1. The van der Waals surface area contributed by atoms with E-state index in [0.29, 0.717) is 0 Å². The third kappa shape index (κ3) is 4.66. The van der Waals surface area contributed by atoms with Gasteiger partial charge in [-0.2, -0.15) is 5.26 Å². The molecule has 0 fully saturated rings. The molecule has 0 aromatic heterocycles. The van der Waals surface area contributed by atoms with E-state index in [9.17, 15) is 0 Å². The highest BCUT2D eigenvalue weighted by Gasteiger charge is 2.24. The SMILES string of the molecule is CCC(CC)(CC)NCCC(C)(C)C#N. The Morgan fingerprint density at radius 3 is 1.87 bits per heavy atom. The number of nitriles is 1. The van der Waals surface area contributed by atoms with Crippen molar-refractivity contribution in [3.8, 4) is 6.07 Å². The molecule has 1 N–H and O–H groups in total. The van der Waals surface area contributed by atoms with Crippen molar-refractivity contribution in [2.24, 2.45) is 5.41 Å². The smallest absolute Gasteiger partial charge is 0.0684 e. The Labute approximate surface area is 95.1 Å². The topological polar surface area (TPSA) is 35.8 Å². The van der Waals surface area contributed by atoms with Gasteiger partial charge in [0, 0.05) is 5.54 Å². The molecule has 15 heavy (non-hydrogen) atoms. The van der Waals surface area contributed by atoms with Gasteiger partial charge in [-0.15, -0.1) is 0 Å². The van der Waals surface area contributed by atoms with Crippen LogP contribution < -0.4 is 5.32 Å². The normalized spacial score (nSPS) is 12.5. The van der Waals surface area contributed by atoms with Gasteiger partial charge in [0.1, 0.15) is 0 Å². The van der Waals surface area contributed by atoms with Crippen LogP contribution in [0.15, 0.2) is 0 Å². The van der Waals surface area contributed by atoms with E-state index in [1.54, 1.807) is 0 Å². The Kier molecular flexibility index (Phi) is 5.90. The molecule has 0 atom stereocenters. The van der Waals surface area contributed by atoms with Crippen LogP contribution in [0.3, 0.4) is 0 Å². The van der Waals surface area contributed by atoms with Gasteiger partial charge < -0.3 is 5.32 Å². The van der Waals surface area contributed by atoms with Crippen LogP contribution in [0.1, 0.15) is 60.3 Å². The summed E-state index contributed by atoms with van der Waals surface area (Å²) in [5.74, 6) is 0. The van der Waals surface area contributed by atoms with Crippen molar-refractivity contribution in [2.45, 2.75) is 65.8 Å². The predicted molar refractivity (Wildman–Crippen MR) is 65.6 cm³/mol. The van der Waals surface area contributed by atoms with Crippen LogP contribution in [0, 0.1) is 16.7 Å². The maximum atomic E-state index is 8.92. The van der Waals surface area contributed by atoms with E-state index in [1.165, 1.54) is 0 Å². The van der Waals surface area contributed by atoms with Crippen molar-refractivity contribution < 1.29 is 0 Å². The van der Waals surface area contributed by atoms with E-state index in [-0.39, 0.29) is 11.0 Å². The molecule has 88 valence electrons. The summed E-state index contributed by atoms with van der Waals surface area (Å²) in [4.78, 5) is 0. The molecule has 0 spiro atoms. The maximum Gasteiger partial charge on any atom is 0.0684 e. The van der Waals surface area contributed by atoms with Crippen LogP contribution in [-0.4, -0.2) is 12.1 Å². The summed E-state index contributed by atoms with van der Waals surface area (Å²) in [6.07, 6.45) is 4.40. The molecule has 0 rings (SSSR count). The van der Waals surface area contributed by atoms with Crippen LogP contribution in [0.4, 0.5) is 0 Å². The first-order chi connectivity index (χ1) is 6.95. The van der Waals surface area contributed by atoms with Crippen molar-refractivity contribution in [3.63, 3.8) is 0 Å². The highest BCUT2D eigenvalue weighted by atomic mass is 15.0. The van der Waals surface area contributed by atoms with E-state index in [4.69, 9.17) is 5.26 Å². The Bertz CT molecular complexity index is 201. The summed E-state index contributed by atoms with van der Waals surface area (Å²) in [6, 6.07) is 2.34. The monoisotopic (exact) mass is 210 g/mol. The quantitative estimate of drug-likeness (QED) is 0.698. The number of hydrogen-bond donors (Lipinski definition) is 1. The Hall–Kier alpha value is -0.550. The summed E-state index contributed by atoms with van der Waals surface area (Å²) in [5, 5.41) is 12.5. The molecule has 0 aliphatic heterocycles. The lowest BCUT2D eigenvalue weighted by Crippen LogP contribution is -2.44. The fourth-order valence-electron chi connectivity index (χ4n) is 1.82. The number of hydrogen-bond acceptors (Lipinski definition) is 2. The Morgan fingerprint density at radius 1 is 1.07 bits per heavy atom. The second kappa shape index (κ2) is 6.12. The molecule has 0 radical (unpaired) electrons. The van der Waals surface area contributed by atoms with Crippen LogP contribution in [0.25, 0.3) is 0 Å². The van der Waals surface area contributed by atoms with Gasteiger partial charge in [0.15, 0.2) is 0 Å². The van der Waals surface area contributed by atoms with Crippen LogP contribution in [-0.2, 0) is 0 Å². The van der Waals surface area contributed by atoms with Crippen LogP contribution in [0.5, 0.6) is 0 Å². The molecule has 0 unspecified atom stereocenters. The average Bonchev–Trinajstić information content (AvgIpc) is 2.25. The fraction of sp³-hybridized carbons (Fsp3) is 0.923. The fourth-order valence-corrected chi connectivity index (χ4v) is 1.82. The van der Waals surface area contributed by atoms with Crippen molar-refractivity contribution in [3.05, 3.63) is 0 Å². The Morgan fingerprint density at radius 2 is 1.53 bits per heavy atom. The van der Waals surface area contributed by atoms with Gasteiger partial charge in [-0.05, 0) is 46.1 Å². The van der Waals surface area contributed by atoms with E-state index in [0.717, 1.165) is 32.2 Å². The highest BCUT2D eigenvalue weighted by molar-refractivity contribution is 4.93. The van der Waals surface area contributed by atoms with Crippen molar-refractivity contribution in [1.29, 1.82) is 5.26 Å². The molecule has 0 aromatic rings. The molecule has 0 aliphatic rings. The number of rotatable bonds is 7. The summed E-state index contributed by atoms with van der Waals surface area (Å²) < 4.78 is 0. The minimum Gasteiger partial charge on any atom is -0.311 e. The van der Waals surface area contributed by atoms with Gasteiger partial charge in [-0.25, -0.2) is 0 Å². The lowest BCUT2D eigenvalue weighted by atomic mass is 9.87. The Balaban J connectivity index is 4.09. The molecule has 0 aliphatic carbocycles. The molecule has 0 saturated carbocycles. The predicted octanol–water partition coefficient (Wildman–Crippen LogP) is 3.48. The average molecular weight is 210 g/mol. The molecule has 0 amide bonds. The second-order valence-electron chi connectivity index (χ2n) is 5.01. The lowest BCUT2D eigenvalue weighted by molar-refractivity contribution is 0.274. The first kappa shape index (κ1) is 14.5. The molecule has 0 saturated heterocycles. The highest BCUT2D eigenvalue weighted by Crippen LogP contribution is 2.22. The van der Waals surface area contributed by atoms with Gasteiger partial charge >= 0.3 is 0 Å². The molecule has 2 heteroatoms. The summed E-state index contributed by atoms with van der Waals surface area (Å²) in [7, 11) is 0.